The van der Waals surface area contributed by atoms with E-state index in [0.717, 1.165) is 73.3 Å². The second kappa shape index (κ2) is 9.49. The van der Waals surface area contributed by atoms with Crippen LogP contribution in [0.5, 0.6) is 11.5 Å². The van der Waals surface area contributed by atoms with Gasteiger partial charge in [0.15, 0.2) is 17.3 Å². The zero-order valence-corrected chi connectivity index (χ0v) is 18.3. The van der Waals surface area contributed by atoms with Crippen molar-refractivity contribution >= 4 is 0 Å². The third kappa shape index (κ3) is 4.89. The Kier molecular flexibility index (Phi) is 6.53. The van der Waals surface area contributed by atoms with Gasteiger partial charge in [0.05, 0.1) is 14.2 Å². The lowest BCUT2D eigenvalue weighted by molar-refractivity contribution is -1.02. The predicted octanol–water partition coefficient (Wildman–Crippen LogP) is 1.29. The highest BCUT2D eigenvalue weighted by molar-refractivity contribution is 5.61. The molecule has 1 fully saturated rings. The molecule has 0 unspecified atom stereocenters. The van der Waals surface area contributed by atoms with Crippen LogP contribution in [-0.4, -0.2) is 45.6 Å². The summed E-state index contributed by atoms with van der Waals surface area (Å²) in [7, 11) is 3.33. The Balaban J connectivity index is 1.33. The summed E-state index contributed by atoms with van der Waals surface area (Å²) in [5, 5.41) is 4.31. The van der Waals surface area contributed by atoms with Gasteiger partial charge in [-0.2, -0.15) is 0 Å². The van der Waals surface area contributed by atoms with Crippen molar-refractivity contribution in [3.05, 3.63) is 65.1 Å². The van der Waals surface area contributed by atoms with Crippen LogP contribution in [0.1, 0.15) is 16.8 Å². The quantitative estimate of drug-likeness (QED) is 0.597. The molecule has 0 aliphatic carbocycles. The first-order valence-corrected chi connectivity index (χ1v) is 10.7. The number of benzene rings is 2. The molecule has 0 saturated carbocycles. The van der Waals surface area contributed by atoms with E-state index in [4.69, 9.17) is 14.0 Å². The van der Waals surface area contributed by atoms with Gasteiger partial charge in [0.1, 0.15) is 50.8 Å². The molecule has 0 spiro atoms. The molecule has 31 heavy (non-hydrogen) atoms. The minimum absolute atomic E-state index is 0.251. The molecule has 6 nitrogen and oxygen atoms in total. The molecule has 0 radical (unpaired) electrons. The van der Waals surface area contributed by atoms with Gasteiger partial charge in [-0.05, 0) is 49.4 Å². The first-order chi connectivity index (χ1) is 15.1. The van der Waals surface area contributed by atoms with E-state index in [2.05, 4.69) is 17.3 Å². The van der Waals surface area contributed by atoms with Gasteiger partial charge >= 0.3 is 0 Å². The van der Waals surface area contributed by atoms with Gasteiger partial charge in [0.2, 0.25) is 0 Å². The molecule has 0 amide bonds. The Morgan fingerprint density at radius 3 is 2.19 bits per heavy atom. The molecule has 1 aliphatic heterocycles. The Bertz CT molecular complexity index is 1010. The van der Waals surface area contributed by atoms with Crippen LogP contribution in [0.25, 0.3) is 11.3 Å². The summed E-state index contributed by atoms with van der Waals surface area (Å²) in [5.74, 6) is 2.02. The fourth-order valence-electron chi connectivity index (χ4n) is 4.23. The van der Waals surface area contributed by atoms with Crippen LogP contribution in [0.15, 0.2) is 47.0 Å². The first-order valence-electron chi connectivity index (χ1n) is 10.7. The zero-order valence-electron chi connectivity index (χ0n) is 18.3. The molecular weight excluding hydrogens is 397 g/mol. The van der Waals surface area contributed by atoms with Gasteiger partial charge in [0.25, 0.3) is 0 Å². The standard InChI is InChI=1S/C24H28FN3O3/c1-17-21(26-31-24(17)19-5-7-20(25)8-6-19)16-28-12-10-27(11-13-28)15-18-4-9-22(29-2)23(14-18)30-3/h4-9,14H,10-13,15-16H2,1-3H3/p+2. The fraction of sp³-hybridized carbons (Fsp3) is 0.375. The molecule has 1 saturated heterocycles. The maximum absolute atomic E-state index is 13.2. The molecule has 2 heterocycles. The molecular formula is C24H30FN3O3+2. The number of nitrogens with one attached hydrogen (secondary N) is 2. The van der Waals surface area contributed by atoms with Gasteiger partial charge in [-0.25, -0.2) is 4.39 Å². The largest absolute Gasteiger partial charge is 0.493 e. The molecule has 4 rings (SSSR count). The summed E-state index contributed by atoms with van der Waals surface area (Å²) < 4.78 is 29.5. The molecule has 0 atom stereocenters. The van der Waals surface area contributed by atoms with E-state index in [1.165, 1.54) is 22.6 Å². The minimum atomic E-state index is -0.251. The van der Waals surface area contributed by atoms with E-state index in [0.29, 0.717) is 0 Å². The van der Waals surface area contributed by atoms with Crippen molar-refractivity contribution in [3.8, 4) is 22.8 Å². The molecule has 0 bridgehead atoms. The van der Waals surface area contributed by atoms with Crippen LogP contribution >= 0.6 is 0 Å². The molecule has 2 N–H and O–H groups in total. The summed E-state index contributed by atoms with van der Waals surface area (Å²) in [6, 6.07) is 12.5. The van der Waals surface area contributed by atoms with Crippen LogP contribution in [0.3, 0.4) is 0 Å². The number of quaternary nitrogens is 2. The Hall–Kier alpha value is -2.90. The summed E-state index contributed by atoms with van der Waals surface area (Å²) in [4.78, 5) is 3.08. The molecule has 2 aromatic carbocycles. The number of rotatable bonds is 7. The van der Waals surface area contributed by atoms with Gasteiger partial charge in [-0.15, -0.1) is 0 Å². The van der Waals surface area contributed by atoms with Crippen molar-refractivity contribution in [1.29, 1.82) is 0 Å². The second-order valence-corrected chi connectivity index (χ2v) is 8.13. The summed E-state index contributed by atoms with van der Waals surface area (Å²) in [6.07, 6.45) is 0. The van der Waals surface area contributed by atoms with Crippen molar-refractivity contribution in [3.63, 3.8) is 0 Å². The minimum Gasteiger partial charge on any atom is -0.493 e. The summed E-state index contributed by atoms with van der Waals surface area (Å²) in [5.41, 5.74) is 4.14. The van der Waals surface area contributed by atoms with Crippen LogP contribution in [0, 0.1) is 12.7 Å². The fourth-order valence-corrected chi connectivity index (χ4v) is 4.23. The van der Waals surface area contributed by atoms with Crippen LogP contribution in [0.4, 0.5) is 4.39 Å². The Morgan fingerprint density at radius 2 is 1.55 bits per heavy atom. The van der Waals surface area contributed by atoms with Gasteiger partial charge in [0, 0.05) is 16.7 Å². The lowest BCUT2D eigenvalue weighted by Gasteiger charge is -2.29. The average Bonchev–Trinajstić information content (AvgIpc) is 3.15. The van der Waals surface area contributed by atoms with Crippen LogP contribution in [-0.2, 0) is 13.1 Å². The highest BCUT2D eigenvalue weighted by Crippen LogP contribution is 2.27. The Morgan fingerprint density at radius 1 is 0.903 bits per heavy atom. The predicted molar refractivity (Wildman–Crippen MR) is 115 cm³/mol. The maximum Gasteiger partial charge on any atom is 0.170 e. The number of nitrogens with zero attached hydrogens (tertiary/aromatic N) is 1. The maximum atomic E-state index is 13.2. The van der Waals surface area contributed by atoms with Crippen molar-refractivity contribution in [2.45, 2.75) is 20.0 Å². The number of aromatic nitrogens is 1. The third-order valence-corrected chi connectivity index (χ3v) is 6.11. The monoisotopic (exact) mass is 427 g/mol. The SMILES string of the molecule is COc1ccc(C[NH+]2CC[NH+](Cc3noc(-c4ccc(F)cc4)c3C)CC2)cc1OC. The smallest absolute Gasteiger partial charge is 0.170 e. The van der Waals surface area contributed by atoms with E-state index in [1.54, 1.807) is 31.3 Å². The number of halogens is 1. The van der Waals surface area contributed by atoms with Crippen molar-refractivity contribution in [1.82, 2.24) is 5.16 Å². The van der Waals surface area contributed by atoms with E-state index >= 15 is 0 Å². The van der Waals surface area contributed by atoms with Crippen LogP contribution in [0.2, 0.25) is 0 Å². The van der Waals surface area contributed by atoms with E-state index in [-0.39, 0.29) is 5.82 Å². The molecule has 7 heteroatoms. The third-order valence-electron chi connectivity index (χ3n) is 6.11. The summed E-state index contributed by atoms with van der Waals surface area (Å²) in [6.45, 7) is 8.23. The number of hydrogen-bond donors (Lipinski definition) is 2. The number of methoxy groups -OCH3 is 2. The van der Waals surface area contributed by atoms with E-state index < -0.39 is 0 Å². The van der Waals surface area contributed by atoms with Crippen molar-refractivity contribution in [2.75, 3.05) is 40.4 Å². The lowest BCUT2D eigenvalue weighted by atomic mass is 10.1. The van der Waals surface area contributed by atoms with Crippen LogP contribution < -0.4 is 19.3 Å². The zero-order chi connectivity index (χ0) is 21.8. The van der Waals surface area contributed by atoms with Gasteiger partial charge in [-0.3, -0.25) is 0 Å². The van der Waals surface area contributed by atoms with Crippen molar-refractivity contribution in [2.24, 2.45) is 0 Å². The normalized spacial score (nSPS) is 18.7. The van der Waals surface area contributed by atoms with Crippen molar-refractivity contribution < 1.29 is 28.2 Å². The molecule has 1 aliphatic rings. The highest BCUT2D eigenvalue weighted by Gasteiger charge is 2.26. The molecule has 1 aromatic heterocycles. The lowest BCUT2D eigenvalue weighted by Crippen LogP contribution is -3.27. The Labute approximate surface area is 182 Å². The number of hydrogen-bond acceptors (Lipinski definition) is 4. The van der Waals surface area contributed by atoms with Gasteiger partial charge in [-0.1, -0.05) is 5.16 Å². The highest BCUT2D eigenvalue weighted by atomic mass is 19.1. The first kappa shape index (κ1) is 21.3. The molecule has 3 aromatic rings. The number of piperazine rings is 1. The average molecular weight is 428 g/mol. The molecule has 164 valence electrons. The van der Waals surface area contributed by atoms with Gasteiger partial charge < -0.3 is 23.8 Å². The summed E-state index contributed by atoms with van der Waals surface area (Å²) >= 11 is 0. The van der Waals surface area contributed by atoms with E-state index in [1.807, 2.05) is 13.0 Å². The van der Waals surface area contributed by atoms with E-state index in [9.17, 15) is 4.39 Å². The second-order valence-electron chi connectivity index (χ2n) is 8.13. The number of ether oxygens (including phenoxy) is 2. The topological polar surface area (TPSA) is 53.4 Å².